The van der Waals surface area contributed by atoms with Gasteiger partial charge >= 0.3 is 0 Å². The number of hydrogen-bond donors (Lipinski definition) is 0. The van der Waals surface area contributed by atoms with Gasteiger partial charge in [-0.1, -0.05) is 369 Å². The molecule has 0 N–H and O–H groups in total. The molecule has 26 rings (SSSR count). The Balaban J connectivity index is 0.000000139. The minimum Gasteiger partial charge on any atom is -0.310 e. The van der Waals surface area contributed by atoms with Crippen LogP contribution in [0.2, 0.25) is 0 Å². The third kappa shape index (κ3) is 9.61. The number of anilines is 3. The van der Waals surface area contributed by atoms with Crippen LogP contribution in [-0.2, 0) is 27.1 Å². The number of rotatable bonds is 7. The Bertz CT molecular complexity index is 7970. The summed E-state index contributed by atoms with van der Waals surface area (Å²) >= 11 is 0. The van der Waals surface area contributed by atoms with Crippen molar-refractivity contribution in [3.63, 3.8) is 0 Å². The normalized spacial score (nSPS) is 16.5. The van der Waals surface area contributed by atoms with Gasteiger partial charge in [-0.05, 0) is 207 Å². The Morgan fingerprint density at radius 2 is 0.520 bits per heavy atom. The molecule has 0 bridgehead atoms. The number of fused-ring (bicyclic) bond motifs is 28. The predicted octanol–water partition coefficient (Wildman–Crippen LogP) is 30.1. The maximum absolute atomic E-state index is 2.53. The summed E-state index contributed by atoms with van der Waals surface area (Å²) in [5, 5.41) is 7.74. The van der Waals surface area contributed by atoms with Crippen LogP contribution >= 0.6 is 0 Å². The molecule has 0 amide bonds. The van der Waals surface area contributed by atoms with Crippen molar-refractivity contribution in [2.24, 2.45) is 0 Å². The van der Waals surface area contributed by atoms with Gasteiger partial charge < -0.3 is 18.6 Å². The fourth-order valence-corrected chi connectivity index (χ4v) is 23.9. The number of para-hydroxylation sites is 8. The molecule has 0 saturated carbocycles. The monoisotopic (exact) mass is 1570 g/mol. The fraction of sp³-hybridized carbons (Fsp3) is 0.0924. The van der Waals surface area contributed by atoms with E-state index < -0.39 is 10.8 Å². The predicted molar refractivity (Wildman–Crippen MR) is 512 cm³/mol. The maximum Gasteiger partial charge on any atom is 0.0748 e. The zero-order chi connectivity index (χ0) is 82.0. The van der Waals surface area contributed by atoms with Gasteiger partial charge in [-0.2, -0.15) is 0 Å². The van der Waals surface area contributed by atoms with Crippen molar-refractivity contribution in [1.82, 2.24) is 13.7 Å². The summed E-state index contributed by atoms with van der Waals surface area (Å²) in [6.07, 6.45) is 0. The number of hydrogen-bond acceptors (Lipinski definition) is 1. The van der Waals surface area contributed by atoms with E-state index in [-0.39, 0.29) is 16.2 Å². The first-order chi connectivity index (χ1) is 60.3. The van der Waals surface area contributed by atoms with E-state index in [0.717, 1.165) is 17.1 Å². The van der Waals surface area contributed by atoms with Crippen LogP contribution in [0, 0.1) is 0 Å². The quantitative estimate of drug-likeness (QED) is 0.156. The second-order valence-electron chi connectivity index (χ2n) is 36.1. The molecule has 18 aromatic carbocycles. The minimum atomic E-state index is -0.554. The van der Waals surface area contributed by atoms with Crippen molar-refractivity contribution >= 4 is 82.5 Å². The molecule has 0 saturated heterocycles. The van der Waals surface area contributed by atoms with Crippen LogP contribution in [0.25, 0.3) is 127 Å². The molecule has 3 aliphatic carbocycles. The molecule has 2 atom stereocenters. The molecule has 0 fully saturated rings. The number of benzene rings is 18. The summed E-state index contributed by atoms with van der Waals surface area (Å²) < 4.78 is 7.47. The zero-order valence-corrected chi connectivity index (χ0v) is 69.5. The SMILES string of the molecule is CC1(C)c2ccccc2-c2ccc(N(c3ccc(-c4ccccc4)cc3)c3ccc(-c4cccc5c4C(C)(C)c4ccccc4C54c5ccccc5-n5c6ccccc6c6cccc4c65)cc3)cc21.CC1(C)c2ccccc2C2(c3ccccc3-n3c4ccccc4c4cccc2c43)c2cccc(-c3ccc(-n4c5ccccc5c5ccccc54)cc3)c21. The Kier molecular flexibility index (Phi) is 15.1. The summed E-state index contributed by atoms with van der Waals surface area (Å²) in [6, 6.07) is 155. The van der Waals surface area contributed by atoms with E-state index in [1.54, 1.807) is 0 Å². The first kappa shape index (κ1) is 71.1. The lowest BCUT2D eigenvalue weighted by Crippen LogP contribution is -2.44. The summed E-state index contributed by atoms with van der Waals surface area (Å²) in [6.45, 7) is 14.5. The summed E-state index contributed by atoms with van der Waals surface area (Å²) in [4.78, 5) is 2.44. The van der Waals surface area contributed by atoms with E-state index in [0.29, 0.717) is 0 Å². The number of nitrogens with zero attached hydrogens (tertiary/aromatic N) is 4. The van der Waals surface area contributed by atoms with E-state index in [1.807, 2.05) is 0 Å². The summed E-state index contributed by atoms with van der Waals surface area (Å²) in [7, 11) is 0. The largest absolute Gasteiger partial charge is 0.310 e. The highest BCUT2D eigenvalue weighted by Gasteiger charge is 2.56. The molecular formula is C119H86N4. The molecule has 3 aromatic heterocycles. The molecule has 123 heavy (non-hydrogen) atoms. The van der Waals surface area contributed by atoms with Crippen molar-refractivity contribution < 1.29 is 0 Å². The van der Waals surface area contributed by atoms with Gasteiger partial charge in [-0.25, -0.2) is 0 Å². The van der Waals surface area contributed by atoms with Crippen LogP contribution in [0.5, 0.6) is 0 Å². The van der Waals surface area contributed by atoms with Crippen LogP contribution in [0.3, 0.4) is 0 Å². The molecule has 2 unspecified atom stereocenters. The van der Waals surface area contributed by atoms with Crippen molar-refractivity contribution in [2.75, 3.05) is 4.90 Å². The Morgan fingerprint density at radius 3 is 1.01 bits per heavy atom. The molecule has 21 aromatic rings. The first-order valence-electron chi connectivity index (χ1n) is 43.5. The average molecular weight is 1570 g/mol. The smallest absolute Gasteiger partial charge is 0.0748 e. The Hall–Kier alpha value is -14.8. The lowest BCUT2D eigenvalue weighted by molar-refractivity contribution is 0.557. The topological polar surface area (TPSA) is 18.0 Å². The average Bonchev–Trinajstić information content (AvgIpc) is 1.66. The van der Waals surface area contributed by atoms with E-state index in [1.165, 1.54) is 205 Å². The van der Waals surface area contributed by atoms with Crippen molar-refractivity contribution in [3.8, 4) is 61.6 Å². The van der Waals surface area contributed by atoms with Gasteiger partial charge in [-0.3, -0.25) is 0 Å². The van der Waals surface area contributed by atoms with E-state index >= 15 is 0 Å². The molecule has 0 radical (unpaired) electrons. The fourth-order valence-electron chi connectivity index (χ4n) is 23.9. The molecule has 5 heterocycles. The van der Waals surface area contributed by atoms with Crippen molar-refractivity contribution in [3.05, 3.63) is 490 Å². The maximum atomic E-state index is 2.53. The van der Waals surface area contributed by atoms with E-state index in [9.17, 15) is 0 Å². The first-order valence-corrected chi connectivity index (χ1v) is 43.5. The number of aromatic nitrogens is 3. The standard InChI is InChI=1S/C67H50N2.C52H36N2/c1-65(2)54-24-10-8-20-50(54)51-41-40-48(42-60(51)65)68(46-36-32-44(33-37-46)43-18-6-5-7-19-43)47-38-34-45(35-39-47)49-22-16-28-58-63(49)66(3,4)55-25-11-12-26-56(55)67(58)57-27-13-15-31-62(57)69-61-30-14-9-21-52(61)53-23-17-29-59(67)64(53)69;1-51(2)40-20-6-7-21-41(40)52(42-22-8-12-28-48(42)54-47-27-11-5-17-38(47)39-19-14-24-44(52)50(39)54)43-23-13-18-35(49(43)51)33-29-31-34(32-30-33)53-45-25-9-3-15-36(45)37-16-4-10-26-46(37)53/h5-42H,1-4H3;3-32H,1-2H3. The van der Waals surface area contributed by atoms with Crippen molar-refractivity contribution in [1.29, 1.82) is 0 Å². The Labute approximate surface area is 716 Å². The highest BCUT2D eigenvalue weighted by Crippen LogP contribution is 2.65. The van der Waals surface area contributed by atoms with Crippen LogP contribution in [0.4, 0.5) is 17.1 Å². The van der Waals surface area contributed by atoms with Gasteiger partial charge in [0.2, 0.25) is 0 Å². The third-order valence-electron chi connectivity index (χ3n) is 29.0. The molecule has 2 aliphatic heterocycles. The highest BCUT2D eigenvalue weighted by molar-refractivity contribution is 6.15. The molecule has 4 nitrogen and oxygen atoms in total. The van der Waals surface area contributed by atoms with E-state index in [2.05, 4.69) is 473 Å². The van der Waals surface area contributed by atoms with E-state index in [4.69, 9.17) is 0 Å². The molecule has 2 spiro atoms. The minimum absolute atomic E-state index is 0.120. The van der Waals surface area contributed by atoms with Gasteiger partial charge in [0.05, 0.1) is 55.3 Å². The molecule has 582 valence electrons. The molecule has 5 aliphatic rings. The van der Waals surface area contributed by atoms with Crippen molar-refractivity contribution in [2.45, 2.75) is 68.6 Å². The zero-order valence-electron chi connectivity index (χ0n) is 69.5. The van der Waals surface area contributed by atoms with Crippen LogP contribution in [0.1, 0.15) is 119 Å². The summed E-state index contributed by atoms with van der Waals surface area (Å²) in [5.41, 5.74) is 42.0. The van der Waals surface area contributed by atoms with Crippen LogP contribution in [0.15, 0.2) is 413 Å². The summed E-state index contributed by atoms with van der Waals surface area (Å²) in [5.74, 6) is 0. The van der Waals surface area contributed by atoms with Gasteiger partial charge in [0, 0.05) is 71.3 Å². The van der Waals surface area contributed by atoms with Gasteiger partial charge in [-0.15, -0.1) is 0 Å². The van der Waals surface area contributed by atoms with Gasteiger partial charge in [0.25, 0.3) is 0 Å². The lowest BCUT2D eigenvalue weighted by atomic mass is 9.52. The molecular weight excluding hydrogens is 1490 g/mol. The lowest BCUT2D eigenvalue weighted by Gasteiger charge is -2.50. The Morgan fingerprint density at radius 1 is 0.195 bits per heavy atom. The third-order valence-corrected chi connectivity index (χ3v) is 29.0. The van der Waals surface area contributed by atoms with Crippen LogP contribution < -0.4 is 4.90 Å². The molecule has 4 heteroatoms. The second-order valence-corrected chi connectivity index (χ2v) is 36.1. The second kappa shape index (κ2) is 26.1. The van der Waals surface area contributed by atoms with Crippen LogP contribution in [-0.4, -0.2) is 13.7 Å². The van der Waals surface area contributed by atoms with Gasteiger partial charge in [0.15, 0.2) is 0 Å². The van der Waals surface area contributed by atoms with Gasteiger partial charge in [0.1, 0.15) is 0 Å². The highest BCUT2D eigenvalue weighted by atomic mass is 15.1.